The van der Waals surface area contributed by atoms with Crippen LogP contribution in [0.25, 0.3) is 0 Å². The summed E-state index contributed by atoms with van der Waals surface area (Å²) in [6.45, 7) is 16.8. The number of phenolic OH excluding ortho intramolecular Hbond substituents is 1. The zero-order valence-corrected chi connectivity index (χ0v) is 18.4. The molecule has 23 heavy (non-hydrogen) atoms. The molecular formula is C19H27Cl2OTi. The Morgan fingerprint density at radius 2 is 1.00 bits per heavy atom. The van der Waals surface area contributed by atoms with Gasteiger partial charge in [-0.1, -0.05) is 35.8 Å². The summed E-state index contributed by atoms with van der Waals surface area (Å²) in [5.74, 6) is 1.89. The summed E-state index contributed by atoms with van der Waals surface area (Å²) in [7, 11) is 9.78. The molecule has 1 aromatic rings. The Morgan fingerprint density at radius 3 is 1.22 bits per heavy atom. The van der Waals surface area contributed by atoms with E-state index in [1.807, 2.05) is 32.9 Å². The summed E-state index contributed by atoms with van der Waals surface area (Å²) >= 11 is -0.556. The van der Waals surface area contributed by atoms with Crippen LogP contribution in [0.2, 0.25) is 0 Å². The fourth-order valence-electron chi connectivity index (χ4n) is 2.58. The van der Waals surface area contributed by atoms with Crippen LogP contribution in [0.15, 0.2) is 34.4 Å². The molecule has 0 unspecified atom stereocenters. The van der Waals surface area contributed by atoms with Gasteiger partial charge in [-0.25, -0.2) is 0 Å². The maximum absolute atomic E-state index is 9.33. The third-order valence-electron chi connectivity index (χ3n) is 4.45. The normalized spacial score (nSPS) is 14.2. The standard InChI is InChI=1S/C10H15.C9H12O.2ClH.Ti/c1-6-7(2)9(4)10(5)8(6)3;1-6-4-7(2)9(10)8(3)5-6;;;/h1-5H3;4-5,10H,1-3H3;2*1H;/q;;;;+2/p-2. The van der Waals surface area contributed by atoms with Gasteiger partial charge in [-0.15, -0.1) is 0 Å². The second kappa shape index (κ2) is 10.6. The third-order valence-corrected chi connectivity index (χ3v) is 4.45. The number of aryl methyl sites for hydroxylation is 3. The number of hydrogen-bond acceptors (Lipinski definition) is 1. The third kappa shape index (κ3) is 6.66. The number of allylic oxidation sites excluding steroid dienone is 4. The molecule has 0 aromatic heterocycles. The minimum absolute atomic E-state index is 0.422. The molecule has 1 aliphatic carbocycles. The average molecular weight is 390 g/mol. The topological polar surface area (TPSA) is 20.2 Å². The summed E-state index contributed by atoms with van der Waals surface area (Å²) in [5.41, 5.74) is 8.98. The summed E-state index contributed by atoms with van der Waals surface area (Å²) in [4.78, 5) is 0. The van der Waals surface area contributed by atoms with Crippen molar-refractivity contribution in [1.82, 2.24) is 0 Å². The van der Waals surface area contributed by atoms with Crippen LogP contribution in [-0.4, -0.2) is 5.11 Å². The predicted molar refractivity (Wildman–Crippen MR) is 99.7 cm³/mol. The van der Waals surface area contributed by atoms with Crippen molar-refractivity contribution in [3.05, 3.63) is 57.0 Å². The molecule has 0 saturated heterocycles. The SMILES string of the molecule is C[C]1C(C)=C(C)C(C)=C1C.Cc1cc(C)c(O)c(C)c1.[Cl][Ti][Cl]. The Labute approximate surface area is 158 Å². The van der Waals surface area contributed by atoms with Gasteiger partial charge in [-0.3, -0.25) is 0 Å². The van der Waals surface area contributed by atoms with E-state index < -0.39 is 17.0 Å². The first-order valence-electron chi connectivity index (χ1n) is 7.51. The first kappa shape index (κ1) is 22.8. The van der Waals surface area contributed by atoms with Gasteiger partial charge in [0, 0.05) is 5.92 Å². The van der Waals surface area contributed by atoms with E-state index in [2.05, 4.69) is 34.6 Å². The molecule has 1 aromatic carbocycles. The van der Waals surface area contributed by atoms with Crippen LogP contribution in [-0.2, 0) is 17.0 Å². The van der Waals surface area contributed by atoms with Crippen molar-refractivity contribution in [2.24, 2.45) is 0 Å². The molecule has 0 amide bonds. The Bertz CT molecular complexity index is 556. The van der Waals surface area contributed by atoms with Crippen LogP contribution in [0.4, 0.5) is 0 Å². The van der Waals surface area contributed by atoms with Crippen molar-refractivity contribution in [3.63, 3.8) is 0 Å². The number of hydrogen-bond donors (Lipinski definition) is 1. The molecule has 4 heteroatoms. The van der Waals surface area contributed by atoms with Gasteiger partial charge < -0.3 is 5.11 Å². The van der Waals surface area contributed by atoms with Crippen LogP contribution in [0.5, 0.6) is 5.75 Å². The quantitative estimate of drug-likeness (QED) is 0.475. The Balaban J connectivity index is 0.000000360. The van der Waals surface area contributed by atoms with Crippen molar-refractivity contribution in [2.75, 3.05) is 0 Å². The zero-order chi connectivity index (χ0) is 18.3. The van der Waals surface area contributed by atoms with Crippen molar-refractivity contribution >= 4 is 18.6 Å². The van der Waals surface area contributed by atoms with Gasteiger partial charge in [-0.2, -0.15) is 0 Å². The van der Waals surface area contributed by atoms with Gasteiger partial charge in [0.2, 0.25) is 0 Å². The fourth-order valence-corrected chi connectivity index (χ4v) is 2.58. The minimum atomic E-state index is -0.556. The van der Waals surface area contributed by atoms with E-state index in [1.165, 1.54) is 33.8 Å². The molecule has 0 atom stereocenters. The van der Waals surface area contributed by atoms with Gasteiger partial charge >= 0.3 is 35.6 Å². The summed E-state index contributed by atoms with van der Waals surface area (Å²) < 4.78 is 0. The van der Waals surface area contributed by atoms with Crippen LogP contribution in [0.1, 0.15) is 51.3 Å². The second-order valence-corrected chi connectivity index (χ2v) is 8.52. The monoisotopic (exact) mass is 389 g/mol. The van der Waals surface area contributed by atoms with Gasteiger partial charge in [0.1, 0.15) is 5.75 Å². The van der Waals surface area contributed by atoms with Crippen LogP contribution in [0, 0.1) is 26.7 Å². The van der Waals surface area contributed by atoms with E-state index in [1.54, 1.807) is 0 Å². The van der Waals surface area contributed by atoms with Gasteiger partial charge in [-0.05, 0) is 70.7 Å². The number of rotatable bonds is 0. The molecule has 0 aliphatic heterocycles. The molecule has 1 radical (unpaired) electrons. The van der Waals surface area contributed by atoms with Crippen LogP contribution >= 0.6 is 18.6 Å². The van der Waals surface area contributed by atoms with Gasteiger partial charge in [0.25, 0.3) is 0 Å². The average Bonchev–Trinajstić information content (AvgIpc) is 2.64. The Hall–Kier alpha value is -0.206. The van der Waals surface area contributed by atoms with Crippen LogP contribution in [0.3, 0.4) is 0 Å². The molecule has 0 spiro atoms. The summed E-state index contributed by atoms with van der Waals surface area (Å²) in [6, 6.07) is 3.95. The number of benzene rings is 1. The molecule has 0 bridgehead atoms. The van der Waals surface area contributed by atoms with Crippen LogP contribution < -0.4 is 0 Å². The maximum atomic E-state index is 9.33. The molecule has 0 fully saturated rings. The number of halogens is 2. The van der Waals surface area contributed by atoms with Crippen molar-refractivity contribution in [2.45, 2.75) is 55.4 Å². The molecule has 1 aliphatic rings. The molecule has 0 saturated carbocycles. The Morgan fingerprint density at radius 1 is 0.696 bits per heavy atom. The van der Waals surface area contributed by atoms with E-state index in [9.17, 15) is 5.11 Å². The molecule has 127 valence electrons. The van der Waals surface area contributed by atoms with E-state index in [4.69, 9.17) is 18.6 Å². The van der Waals surface area contributed by atoms with Gasteiger partial charge in [0.05, 0.1) is 0 Å². The van der Waals surface area contributed by atoms with E-state index in [-0.39, 0.29) is 0 Å². The fraction of sp³-hybridized carbons (Fsp3) is 0.421. The molecular weight excluding hydrogens is 363 g/mol. The molecule has 2 rings (SSSR count). The van der Waals surface area contributed by atoms with Crippen molar-refractivity contribution in [1.29, 1.82) is 0 Å². The number of aromatic hydroxyl groups is 1. The van der Waals surface area contributed by atoms with Crippen molar-refractivity contribution < 1.29 is 22.1 Å². The van der Waals surface area contributed by atoms with E-state index >= 15 is 0 Å². The number of phenols is 1. The van der Waals surface area contributed by atoms with Gasteiger partial charge in [0.15, 0.2) is 0 Å². The predicted octanol–water partition coefficient (Wildman–Crippen LogP) is 6.96. The Kier molecular flexibility index (Phi) is 10.5. The molecule has 0 heterocycles. The van der Waals surface area contributed by atoms with E-state index in [0.29, 0.717) is 5.75 Å². The zero-order valence-electron chi connectivity index (χ0n) is 15.4. The summed E-state index contributed by atoms with van der Waals surface area (Å²) in [5, 5.41) is 9.33. The first-order valence-corrected chi connectivity index (χ1v) is 11.8. The summed E-state index contributed by atoms with van der Waals surface area (Å²) in [6.07, 6.45) is 0. The first-order chi connectivity index (χ1) is 10.6. The second-order valence-electron chi connectivity index (χ2n) is 5.94. The molecule has 1 nitrogen and oxygen atoms in total. The van der Waals surface area contributed by atoms with Crippen molar-refractivity contribution in [3.8, 4) is 5.75 Å². The van der Waals surface area contributed by atoms with E-state index in [0.717, 1.165) is 11.1 Å². The molecule has 1 N–H and O–H groups in total.